The normalized spacial score (nSPS) is 15.1. The van der Waals surface area contributed by atoms with Crippen LogP contribution in [-0.2, 0) is 6.42 Å². The van der Waals surface area contributed by atoms with E-state index in [-0.39, 0.29) is 5.54 Å². The summed E-state index contributed by atoms with van der Waals surface area (Å²) in [7, 11) is 0. The molecule has 2 atom stereocenters. The van der Waals surface area contributed by atoms with Gasteiger partial charge in [-0.2, -0.15) is 0 Å². The molecule has 1 N–H and O–H groups in total. The summed E-state index contributed by atoms with van der Waals surface area (Å²) in [6.07, 6.45) is 3.56. The molecule has 20 heavy (non-hydrogen) atoms. The molecule has 2 heteroatoms. The van der Waals surface area contributed by atoms with Crippen LogP contribution in [0.4, 0.5) is 0 Å². The first kappa shape index (κ1) is 17.5. The average Bonchev–Trinajstić information content (AvgIpc) is 2.37. The van der Waals surface area contributed by atoms with Crippen molar-refractivity contribution in [2.75, 3.05) is 6.54 Å². The first-order valence-corrected chi connectivity index (χ1v) is 8.18. The van der Waals surface area contributed by atoms with Crippen molar-refractivity contribution in [3.05, 3.63) is 34.9 Å². The predicted molar refractivity (Wildman–Crippen MR) is 90.5 cm³/mol. The van der Waals surface area contributed by atoms with Crippen LogP contribution in [-0.4, -0.2) is 12.1 Å². The second kappa shape index (κ2) is 8.05. The monoisotopic (exact) mass is 295 g/mol. The van der Waals surface area contributed by atoms with Crippen LogP contribution >= 0.6 is 11.6 Å². The van der Waals surface area contributed by atoms with E-state index in [9.17, 15) is 0 Å². The molecular weight excluding hydrogens is 266 g/mol. The molecule has 0 aliphatic heterocycles. The Hall–Kier alpha value is -0.530. The Bertz CT molecular complexity index is 395. The molecule has 1 nitrogen and oxygen atoms in total. The van der Waals surface area contributed by atoms with Gasteiger partial charge in [-0.05, 0) is 63.6 Å². The molecule has 2 unspecified atom stereocenters. The lowest BCUT2D eigenvalue weighted by Crippen LogP contribution is -2.40. The van der Waals surface area contributed by atoms with Crippen LogP contribution < -0.4 is 5.32 Å². The van der Waals surface area contributed by atoms with Gasteiger partial charge in [-0.25, -0.2) is 0 Å². The van der Waals surface area contributed by atoms with Crippen LogP contribution in [0.5, 0.6) is 0 Å². The maximum atomic E-state index is 6.31. The van der Waals surface area contributed by atoms with Crippen molar-refractivity contribution in [3.8, 4) is 0 Å². The molecule has 1 aromatic carbocycles. The molecule has 0 spiro atoms. The maximum Gasteiger partial charge on any atom is 0.0438 e. The number of nitrogens with one attached hydrogen (secondary N) is 1. The molecule has 1 aromatic rings. The van der Waals surface area contributed by atoms with Gasteiger partial charge in [0, 0.05) is 10.6 Å². The third-order valence-corrected chi connectivity index (χ3v) is 4.19. The molecule has 114 valence electrons. The number of hydrogen-bond acceptors (Lipinski definition) is 1. The first-order valence-electron chi connectivity index (χ1n) is 7.80. The minimum absolute atomic E-state index is 0.175. The lowest BCUT2D eigenvalue weighted by Gasteiger charge is -2.27. The summed E-state index contributed by atoms with van der Waals surface area (Å²) in [6.45, 7) is 12.3. The molecule has 1 rings (SSSR count). The van der Waals surface area contributed by atoms with E-state index < -0.39 is 0 Å². The molecule has 0 heterocycles. The summed E-state index contributed by atoms with van der Waals surface area (Å²) in [6, 6.07) is 8.24. The van der Waals surface area contributed by atoms with Crippen LogP contribution in [0, 0.1) is 11.8 Å². The summed E-state index contributed by atoms with van der Waals surface area (Å²) in [5, 5.41) is 4.55. The molecule has 0 saturated carbocycles. The highest BCUT2D eigenvalue weighted by Crippen LogP contribution is 2.24. The summed E-state index contributed by atoms with van der Waals surface area (Å²) >= 11 is 6.31. The van der Waals surface area contributed by atoms with Gasteiger partial charge in [-0.15, -0.1) is 0 Å². The Labute approximate surface area is 130 Å². The Morgan fingerprint density at radius 2 is 1.85 bits per heavy atom. The third kappa shape index (κ3) is 6.76. The highest BCUT2D eigenvalue weighted by molar-refractivity contribution is 6.31. The van der Waals surface area contributed by atoms with Crippen molar-refractivity contribution in [3.63, 3.8) is 0 Å². The SMILES string of the molecule is CCC(C)CC(CNC(C)(C)C)Cc1ccccc1Cl. The van der Waals surface area contributed by atoms with E-state index in [4.69, 9.17) is 11.6 Å². The second-order valence-electron chi connectivity index (χ2n) is 7.04. The summed E-state index contributed by atoms with van der Waals surface area (Å²) in [5.74, 6) is 1.41. The van der Waals surface area contributed by atoms with Gasteiger partial charge in [0.1, 0.15) is 0 Å². The van der Waals surface area contributed by atoms with Crippen molar-refractivity contribution >= 4 is 11.6 Å². The van der Waals surface area contributed by atoms with Crippen molar-refractivity contribution in [1.82, 2.24) is 5.32 Å². The molecule has 0 fully saturated rings. The van der Waals surface area contributed by atoms with Crippen molar-refractivity contribution in [2.24, 2.45) is 11.8 Å². The van der Waals surface area contributed by atoms with Crippen molar-refractivity contribution < 1.29 is 0 Å². The topological polar surface area (TPSA) is 12.0 Å². The smallest absolute Gasteiger partial charge is 0.0438 e. The highest BCUT2D eigenvalue weighted by Gasteiger charge is 2.17. The zero-order valence-corrected chi connectivity index (χ0v) is 14.4. The average molecular weight is 296 g/mol. The molecule has 0 aliphatic carbocycles. The van der Waals surface area contributed by atoms with E-state index in [0.717, 1.165) is 23.9 Å². The van der Waals surface area contributed by atoms with E-state index in [1.807, 2.05) is 12.1 Å². The number of halogens is 1. The Morgan fingerprint density at radius 1 is 1.20 bits per heavy atom. The van der Waals surface area contributed by atoms with E-state index >= 15 is 0 Å². The lowest BCUT2D eigenvalue weighted by molar-refractivity contribution is 0.320. The summed E-state index contributed by atoms with van der Waals surface area (Å²) in [4.78, 5) is 0. The fraction of sp³-hybridized carbons (Fsp3) is 0.667. The molecule has 0 aromatic heterocycles. The molecule has 0 saturated heterocycles. The molecule has 0 amide bonds. The van der Waals surface area contributed by atoms with Gasteiger partial charge in [0.15, 0.2) is 0 Å². The van der Waals surface area contributed by atoms with Crippen LogP contribution in [0.25, 0.3) is 0 Å². The van der Waals surface area contributed by atoms with E-state index in [1.165, 1.54) is 18.4 Å². The van der Waals surface area contributed by atoms with Crippen molar-refractivity contribution in [1.29, 1.82) is 0 Å². The largest absolute Gasteiger partial charge is 0.312 e. The zero-order chi connectivity index (χ0) is 15.2. The number of hydrogen-bond donors (Lipinski definition) is 1. The quantitative estimate of drug-likeness (QED) is 0.717. The maximum absolute atomic E-state index is 6.31. The summed E-state index contributed by atoms with van der Waals surface area (Å²) < 4.78 is 0. The van der Waals surface area contributed by atoms with Gasteiger partial charge >= 0.3 is 0 Å². The first-order chi connectivity index (χ1) is 9.31. The lowest BCUT2D eigenvalue weighted by atomic mass is 9.88. The van der Waals surface area contributed by atoms with Gasteiger partial charge in [-0.1, -0.05) is 50.1 Å². The van der Waals surface area contributed by atoms with Crippen LogP contribution in [0.1, 0.15) is 53.0 Å². The Kier molecular flexibility index (Phi) is 7.05. The van der Waals surface area contributed by atoms with E-state index in [2.05, 4.69) is 52.1 Å². The van der Waals surface area contributed by atoms with E-state index in [0.29, 0.717) is 5.92 Å². The number of rotatable bonds is 7. The Balaban J connectivity index is 2.69. The molecule has 0 aliphatic rings. The van der Waals surface area contributed by atoms with E-state index in [1.54, 1.807) is 0 Å². The Morgan fingerprint density at radius 3 is 2.40 bits per heavy atom. The van der Waals surface area contributed by atoms with Gasteiger partial charge in [0.05, 0.1) is 0 Å². The predicted octanol–water partition coefficient (Wildman–Crippen LogP) is 5.32. The fourth-order valence-corrected chi connectivity index (χ4v) is 2.61. The van der Waals surface area contributed by atoms with Crippen molar-refractivity contribution in [2.45, 2.75) is 59.4 Å². The second-order valence-corrected chi connectivity index (χ2v) is 7.45. The van der Waals surface area contributed by atoms with Crippen LogP contribution in [0.15, 0.2) is 24.3 Å². The zero-order valence-electron chi connectivity index (χ0n) is 13.7. The van der Waals surface area contributed by atoms with Gasteiger partial charge in [0.25, 0.3) is 0 Å². The number of benzene rings is 1. The molecular formula is C18H30ClN. The van der Waals surface area contributed by atoms with Crippen LogP contribution in [0.3, 0.4) is 0 Å². The minimum Gasteiger partial charge on any atom is -0.312 e. The van der Waals surface area contributed by atoms with Gasteiger partial charge in [-0.3, -0.25) is 0 Å². The fourth-order valence-electron chi connectivity index (χ4n) is 2.40. The van der Waals surface area contributed by atoms with Gasteiger partial charge in [0.2, 0.25) is 0 Å². The molecule has 0 radical (unpaired) electrons. The minimum atomic E-state index is 0.175. The van der Waals surface area contributed by atoms with Crippen LogP contribution in [0.2, 0.25) is 5.02 Å². The highest BCUT2D eigenvalue weighted by atomic mass is 35.5. The third-order valence-electron chi connectivity index (χ3n) is 3.82. The molecule has 0 bridgehead atoms. The standard InChI is InChI=1S/C18H30ClN/c1-6-14(2)11-15(13-20-18(3,4)5)12-16-9-7-8-10-17(16)19/h7-10,14-15,20H,6,11-13H2,1-5H3. The summed E-state index contributed by atoms with van der Waals surface area (Å²) in [5.41, 5.74) is 1.45. The van der Waals surface area contributed by atoms with Gasteiger partial charge < -0.3 is 5.32 Å².